The lowest BCUT2D eigenvalue weighted by atomic mass is 10.3. The van der Waals surface area contributed by atoms with Crippen molar-refractivity contribution in [3.8, 4) is 22.9 Å². The van der Waals surface area contributed by atoms with Crippen LogP contribution in [0.3, 0.4) is 0 Å². The highest BCUT2D eigenvalue weighted by molar-refractivity contribution is 7.16. The Morgan fingerprint density at radius 1 is 0.500 bits per heavy atom. The molecule has 0 aliphatic heterocycles. The van der Waals surface area contributed by atoms with Crippen LogP contribution in [0.25, 0.3) is 0 Å². The average Bonchev–Trinajstić information content (AvgIpc) is 2.84. The summed E-state index contributed by atoms with van der Waals surface area (Å²) in [7, 11) is -1.00. The monoisotopic (exact) mass is 428 g/mol. The summed E-state index contributed by atoms with van der Waals surface area (Å²) >= 11 is 0. The fraction of sp³-hybridized carbons (Fsp3) is 0.120. The summed E-state index contributed by atoms with van der Waals surface area (Å²) in [6, 6.07) is 31.4. The Labute approximate surface area is 181 Å². The molecule has 3 aromatic carbocycles. The molecule has 30 heavy (non-hydrogen) atoms. The Morgan fingerprint density at radius 2 is 0.833 bits per heavy atom. The normalized spacial score (nSPS) is 11.0. The first-order chi connectivity index (χ1) is 14.7. The van der Waals surface area contributed by atoms with Gasteiger partial charge in [0.25, 0.3) is 0 Å². The third-order valence-corrected chi connectivity index (χ3v) is 11.1. The van der Waals surface area contributed by atoms with E-state index in [0.29, 0.717) is 0 Å². The molecule has 0 aliphatic carbocycles. The second-order valence-corrected chi connectivity index (χ2v) is 12.6. The molecule has 0 heterocycles. The fourth-order valence-corrected chi connectivity index (χ4v) is 8.20. The fourth-order valence-electron chi connectivity index (χ4n) is 3.42. The van der Waals surface area contributed by atoms with Gasteiger partial charge in [-0.05, 0) is 32.9 Å². The lowest BCUT2D eigenvalue weighted by Crippen LogP contribution is -2.66. The quantitative estimate of drug-likeness (QED) is 0.342. The van der Waals surface area contributed by atoms with E-state index in [9.17, 15) is 0 Å². The van der Waals surface area contributed by atoms with Crippen molar-refractivity contribution in [1.29, 1.82) is 0 Å². The Morgan fingerprint density at radius 3 is 1.17 bits per heavy atom. The third-order valence-electron chi connectivity index (χ3n) is 4.95. The zero-order valence-electron chi connectivity index (χ0n) is 17.4. The smallest absolute Gasteiger partial charge is 0.367 e. The predicted molar refractivity (Wildman–Crippen MR) is 126 cm³/mol. The second-order valence-electron chi connectivity index (χ2n) is 6.52. The Hall–Kier alpha value is -2.91. The maximum Gasteiger partial charge on any atom is 0.591 e. The molecule has 5 heteroatoms. The van der Waals surface area contributed by atoms with E-state index in [-0.39, 0.29) is 0 Å². The van der Waals surface area contributed by atoms with Crippen LogP contribution in [-0.2, 0) is 13.3 Å². The predicted octanol–water partition coefficient (Wildman–Crippen LogP) is 2.12. The summed E-state index contributed by atoms with van der Waals surface area (Å²) in [6.45, 7) is 0. The molecule has 0 N–H and O–H groups in total. The molecule has 0 spiro atoms. The van der Waals surface area contributed by atoms with Gasteiger partial charge in [0.2, 0.25) is 8.07 Å². The molecule has 0 saturated heterocycles. The number of hydrogen-bond donors (Lipinski definition) is 0. The topological polar surface area (TPSA) is 27.7 Å². The van der Waals surface area contributed by atoms with E-state index in [1.54, 1.807) is 0 Å². The minimum absolute atomic E-state index is 1.21. The lowest BCUT2D eigenvalue weighted by Gasteiger charge is -2.27. The van der Waals surface area contributed by atoms with E-state index in [1.165, 1.54) is 36.9 Å². The summed E-state index contributed by atoms with van der Waals surface area (Å²) < 4.78 is 16.2. The first-order valence-electron chi connectivity index (χ1n) is 9.57. The average molecular weight is 429 g/mol. The van der Waals surface area contributed by atoms with Crippen molar-refractivity contribution in [3.63, 3.8) is 0 Å². The second kappa shape index (κ2) is 10.2. The van der Waals surface area contributed by atoms with Gasteiger partial charge in [0, 0.05) is 21.3 Å². The van der Waals surface area contributed by atoms with E-state index in [0.717, 1.165) is 0 Å². The van der Waals surface area contributed by atoms with E-state index in [4.69, 9.17) is 13.3 Å². The largest absolute Gasteiger partial charge is 0.591 e. The number of rotatable bonds is 6. The maximum absolute atomic E-state index is 5.39. The molecule has 0 aliphatic rings. The van der Waals surface area contributed by atoms with Crippen LogP contribution in [0.5, 0.6) is 0 Å². The SMILES string of the molecule is CO[Si](C#CC#C[Si](c1ccccc1)(c1ccccc1)c1ccccc1)(OC)OC. The molecule has 150 valence electrons. The number of hydrogen-bond acceptors (Lipinski definition) is 3. The van der Waals surface area contributed by atoms with E-state index < -0.39 is 16.9 Å². The van der Waals surface area contributed by atoms with Crippen LogP contribution in [0.15, 0.2) is 91.0 Å². The van der Waals surface area contributed by atoms with Crippen molar-refractivity contribution in [1.82, 2.24) is 0 Å². The van der Waals surface area contributed by atoms with Crippen LogP contribution < -0.4 is 15.6 Å². The van der Waals surface area contributed by atoms with Gasteiger partial charge in [-0.1, -0.05) is 91.0 Å². The Kier molecular flexibility index (Phi) is 7.43. The van der Waals surface area contributed by atoms with E-state index >= 15 is 0 Å². The van der Waals surface area contributed by atoms with Crippen molar-refractivity contribution in [2.45, 2.75) is 0 Å². The first kappa shape index (κ1) is 21.8. The highest BCUT2D eigenvalue weighted by Crippen LogP contribution is 2.07. The third kappa shape index (κ3) is 4.47. The van der Waals surface area contributed by atoms with Crippen LogP contribution >= 0.6 is 0 Å². The van der Waals surface area contributed by atoms with E-state index in [2.05, 4.69) is 95.7 Å². The van der Waals surface area contributed by atoms with Gasteiger partial charge in [0.05, 0.1) is 0 Å². The van der Waals surface area contributed by atoms with Gasteiger partial charge in [-0.25, -0.2) is 0 Å². The standard InChI is InChI=1S/C25H24O3Si2/c1-26-30(27-2,28-3)22-14-13-21-29(23-15-7-4-8-16-23,24-17-9-5-10-18-24)25-19-11-6-12-20-25/h4-12,15-20H,1-3H3. The molecule has 0 aromatic heterocycles. The highest BCUT2D eigenvalue weighted by atomic mass is 28.4. The van der Waals surface area contributed by atoms with E-state index in [1.807, 2.05) is 18.2 Å². The summed E-state index contributed by atoms with van der Waals surface area (Å²) in [6.07, 6.45) is 0. The van der Waals surface area contributed by atoms with Crippen molar-refractivity contribution in [3.05, 3.63) is 91.0 Å². The zero-order chi connectivity index (χ0) is 21.3. The zero-order valence-corrected chi connectivity index (χ0v) is 19.4. The molecule has 0 amide bonds. The first-order valence-corrected chi connectivity index (χ1v) is 13.3. The Balaban J connectivity index is 2.24. The summed E-state index contributed by atoms with van der Waals surface area (Å²) in [5.74, 6) is 6.08. The minimum Gasteiger partial charge on any atom is -0.367 e. The molecule has 0 atom stereocenters. The molecule has 0 fully saturated rings. The van der Waals surface area contributed by atoms with Crippen molar-refractivity contribution < 1.29 is 13.3 Å². The molecule has 0 saturated carbocycles. The van der Waals surface area contributed by atoms with Gasteiger partial charge < -0.3 is 13.3 Å². The highest BCUT2D eigenvalue weighted by Gasteiger charge is 2.38. The maximum atomic E-state index is 5.39. The summed E-state index contributed by atoms with van der Waals surface area (Å²) in [5, 5.41) is 3.64. The summed E-state index contributed by atoms with van der Waals surface area (Å²) in [4.78, 5) is 0. The van der Waals surface area contributed by atoms with Gasteiger partial charge in [-0.3, -0.25) is 0 Å². The molecular formula is C25H24O3Si2. The molecule has 0 radical (unpaired) electrons. The van der Waals surface area contributed by atoms with Crippen molar-refractivity contribution in [2.24, 2.45) is 0 Å². The van der Waals surface area contributed by atoms with Crippen molar-refractivity contribution >= 4 is 32.4 Å². The lowest BCUT2D eigenvalue weighted by molar-refractivity contribution is 0.141. The van der Waals surface area contributed by atoms with Gasteiger partial charge in [0.1, 0.15) is 0 Å². The molecule has 3 aromatic rings. The van der Waals surface area contributed by atoms with Gasteiger partial charge >= 0.3 is 8.80 Å². The van der Waals surface area contributed by atoms with Crippen LogP contribution in [0.2, 0.25) is 0 Å². The van der Waals surface area contributed by atoms with Crippen LogP contribution in [0.4, 0.5) is 0 Å². The molecular weight excluding hydrogens is 404 g/mol. The Bertz CT molecular complexity index is 954. The van der Waals surface area contributed by atoms with Gasteiger partial charge in [-0.2, -0.15) is 0 Å². The molecule has 0 unspecified atom stereocenters. The van der Waals surface area contributed by atoms with Crippen LogP contribution in [-0.4, -0.2) is 38.2 Å². The van der Waals surface area contributed by atoms with Gasteiger partial charge in [-0.15, -0.1) is 5.54 Å². The van der Waals surface area contributed by atoms with Gasteiger partial charge in [0.15, 0.2) is 0 Å². The summed E-state index contributed by atoms with van der Waals surface area (Å²) in [5.41, 5.74) is 6.58. The molecule has 0 bridgehead atoms. The van der Waals surface area contributed by atoms with Crippen molar-refractivity contribution in [2.75, 3.05) is 21.3 Å². The van der Waals surface area contributed by atoms with Crippen LogP contribution in [0, 0.1) is 22.9 Å². The number of benzene rings is 3. The molecule has 3 rings (SSSR count). The minimum atomic E-state index is -3.00. The molecule has 3 nitrogen and oxygen atoms in total. The van der Waals surface area contributed by atoms with Crippen LogP contribution in [0.1, 0.15) is 0 Å².